The lowest BCUT2D eigenvalue weighted by atomic mass is 10.1. The maximum atomic E-state index is 13.6. The summed E-state index contributed by atoms with van der Waals surface area (Å²) in [6.07, 6.45) is -1.12. The third-order valence-electron chi connectivity index (χ3n) is 3.77. The largest absolute Gasteiger partial charge is 0.496 e. The van der Waals surface area contributed by atoms with Gasteiger partial charge in [0.25, 0.3) is 5.91 Å². The normalized spacial score (nSPS) is 11.4. The molecule has 0 fully saturated rings. The Balaban J connectivity index is 2.11. The number of anilines is 1. The maximum Gasteiger partial charge on any atom is 0.339 e. The fourth-order valence-corrected chi connectivity index (χ4v) is 2.28. The van der Waals surface area contributed by atoms with E-state index in [0.717, 1.165) is 5.56 Å². The van der Waals surface area contributed by atoms with Gasteiger partial charge < -0.3 is 19.5 Å². The van der Waals surface area contributed by atoms with Gasteiger partial charge in [0.2, 0.25) is 0 Å². The van der Waals surface area contributed by atoms with Gasteiger partial charge >= 0.3 is 5.97 Å². The van der Waals surface area contributed by atoms with E-state index in [9.17, 15) is 14.0 Å². The number of carbonyl (C=O) groups excluding carboxylic acids is 2. The first-order valence-electron chi connectivity index (χ1n) is 7.86. The van der Waals surface area contributed by atoms with E-state index in [1.54, 1.807) is 13.0 Å². The molecule has 1 amide bonds. The Morgan fingerprint density at radius 1 is 1.08 bits per heavy atom. The van der Waals surface area contributed by atoms with Gasteiger partial charge in [-0.25, -0.2) is 9.18 Å². The number of halogens is 1. The standard InChI is InChI=1S/C19H20FNO5/c1-11-16(24-3)9-13(10-17(11)25-4)19(23)26-12(2)18(22)21-15-8-6-5-7-14(15)20/h5-10,12H,1-4H3,(H,21,22)/t12-/m0/s1. The first-order chi connectivity index (χ1) is 12.4. The molecule has 0 saturated carbocycles. The van der Waals surface area contributed by atoms with E-state index < -0.39 is 23.8 Å². The first kappa shape index (κ1) is 19.2. The van der Waals surface area contributed by atoms with Crippen molar-refractivity contribution in [3.05, 3.63) is 53.3 Å². The average Bonchev–Trinajstić information content (AvgIpc) is 2.63. The van der Waals surface area contributed by atoms with Gasteiger partial charge in [0.05, 0.1) is 25.5 Å². The molecule has 2 rings (SSSR count). The number of hydrogen-bond donors (Lipinski definition) is 1. The molecule has 2 aromatic rings. The number of para-hydroxylation sites is 1. The third kappa shape index (κ3) is 4.30. The number of ether oxygens (including phenoxy) is 3. The van der Waals surface area contributed by atoms with Crippen LogP contribution in [0.4, 0.5) is 10.1 Å². The molecule has 1 atom stereocenters. The molecule has 6 nitrogen and oxygen atoms in total. The Hall–Kier alpha value is -3.09. The fourth-order valence-electron chi connectivity index (χ4n) is 2.28. The van der Waals surface area contributed by atoms with E-state index in [2.05, 4.69) is 5.32 Å². The van der Waals surface area contributed by atoms with Gasteiger partial charge in [0, 0.05) is 5.56 Å². The van der Waals surface area contributed by atoms with Gasteiger partial charge in [-0.05, 0) is 38.1 Å². The number of carbonyl (C=O) groups is 2. The second-order valence-electron chi connectivity index (χ2n) is 5.52. The van der Waals surface area contributed by atoms with Crippen molar-refractivity contribution in [1.29, 1.82) is 0 Å². The number of hydrogen-bond acceptors (Lipinski definition) is 5. The summed E-state index contributed by atoms with van der Waals surface area (Å²) >= 11 is 0. The topological polar surface area (TPSA) is 73.9 Å². The van der Waals surface area contributed by atoms with Crippen molar-refractivity contribution in [2.75, 3.05) is 19.5 Å². The number of benzene rings is 2. The van der Waals surface area contributed by atoms with E-state index in [-0.39, 0.29) is 11.3 Å². The molecule has 138 valence electrons. The highest BCUT2D eigenvalue weighted by molar-refractivity contribution is 5.97. The molecule has 0 aromatic heterocycles. The second kappa shape index (κ2) is 8.33. The van der Waals surface area contributed by atoms with Crippen LogP contribution in [-0.2, 0) is 9.53 Å². The molecule has 0 heterocycles. The molecule has 0 aliphatic heterocycles. The summed E-state index contributed by atoms with van der Waals surface area (Å²) in [5.74, 6) is -1.03. The van der Waals surface area contributed by atoms with Crippen LogP contribution in [0.1, 0.15) is 22.8 Å². The Bertz CT molecular complexity index is 796. The van der Waals surface area contributed by atoms with E-state index in [0.29, 0.717) is 11.5 Å². The first-order valence-corrected chi connectivity index (χ1v) is 7.86. The second-order valence-corrected chi connectivity index (χ2v) is 5.52. The highest BCUT2D eigenvalue weighted by atomic mass is 19.1. The lowest BCUT2D eigenvalue weighted by Gasteiger charge is -2.15. The third-order valence-corrected chi connectivity index (χ3v) is 3.77. The summed E-state index contributed by atoms with van der Waals surface area (Å²) in [7, 11) is 2.95. The molecule has 0 bridgehead atoms. The summed E-state index contributed by atoms with van der Waals surface area (Å²) in [6, 6.07) is 8.73. The summed E-state index contributed by atoms with van der Waals surface area (Å²) in [5.41, 5.74) is 0.922. The smallest absolute Gasteiger partial charge is 0.339 e. The van der Waals surface area contributed by atoms with Crippen LogP contribution in [0.3, 0.4) is 0 Å². The van der Waals surface area contributed by atoms with Crippen LogP contribution in [0.15, 0.2) is 36.4 Å². The van der Waals surface area contributed by atoms with E-state index >= 15 is 0 Å². The fraction of sp³-hybridized carbons (Fsp3) is 0.263. The molecule has 0 spiro atoms. The van der Waals surface area contributed by atoms with Crippen molar-refractivity contribution in [3.63, 3.8) is 0 Å². The minimum atomic E-state index is -1.12. The molecule has 0 aliphatic rings. The number of methoxy groups -OCH3 is 2. The van der Waals surface area contributed by atoms with Gasteiger partial charge in [0.1, 0.15) is 17.3 Å². The van der Waals surface area contributed by atoms with Crippen molar-refractivity contribution in [1.82, 2.24) is 0 Å². The average molecular weight is 361 g/mol. The summed E-state index contributed by atoms with van der Waals surface area (Å²) in [4.78, 5) is 24.5. The van der Waals surface area contributed by atoms with Gasteiger partial charge in [-0.2, -0.15) is 0 Å². The number of amides is 1. The Morgan fingerprint density at radius 2 is 1.65 bits per heavy atom. The van der Waals surface area contributed by atoms with Gasteiger partial charge in [-0.1, -0.05) is 12.1 Å². The summed E-state index contributed by atoms with van der Waals surface area (Å²) < 4.78 is 29.2. The quantitative estimate of drug-likeness (QED) is 0.799. The van der Waals surface area contributed by atoms with Crippen LogP contribution in [-0.4, -0.2) is 32.2 Å². The molecular formula is C19H20FNO5. The highest BCUT2D eigenvalue weighted by Crippen LogP contribution is 2.29. The van der Waals surface area contributed by atoms with E-state index in [4.69, 9.17) is 14.2 Å². The molecule has 1 N–H and O–H groups in total. The predicted octanol–water partition coefficient (Wildman–Crippen LogP) is 3.34. The summed E-state index contributed by atoms with van der Waals surface area (Å²) in [6.45, 7) is 3.19. The molecule has 7 heteroatoms. The molecule has 0 unspecified atom stereocenters. The lowest BCUT2D eigenvalue weighted by molar-refractivity contribution is -0.123. The van der Waals surface area contributed by atoms with Gasteiger partial charge in [0.15, 0.2) is 6.10 Å². The van der Waals surface area contributed by atoms with Crippen LogP contribution in [0.5, 0.6) is 11.5 Å². The van der Waals surface area contributed by atoms with E-state index in [1.807, 2.05) is 0 Å². The minimum Gasteiger partial charge on any atom is -0.496 e. The Labute approximate surface area is 150 Å². The van der Waals surface area contributed by atoms with Crippen LogP contribution in [0.25, 0.3) is 0 Å². The van der Waals surface area contributed by atoms with Crippen molar-refractivity contribution in [2.45, 2.75) is 20.0 Å². The van der Waals surface area contributed by atoms with Crippen LogP contribution in [0.2, 0.25) is 0 Å². The Morgan fingerprint density at radius 3 is 2.19 bits per heavy atom. The van der Waals surface area contributed by atoms with Crippen LogP contribution < -0.4 is 14.8 Å². The predicted molar refractivity (Wildman–Crippen MR) is 94.2 cm³/mol. The molecule has 2 aromatic carbocycles. The van der Waals surface area contributed by atoms with Crippen LogP contribution >= 0.6 is 0 Å². The highest BCUT2D eigenvalue weighted by Gasteiger charge is 2.21. The monoisotopic (exact) mass is 361 g/mol. The molecule has 0 saturated heterocycles. The zero-order chi connectivity index (χ0) is 19.3. The SMILES string of the molecule is COc1cc(C(=O)O[C@@H](C)C(=O)Nc2ccccc2F)cc(OC)c1C. The van der Waals surface area contributed by atoms with E-state index in [1.165, 1.54) is 51.5 Å². The number of rotatable bonds is 6. The number of esters is 1. The zero-order valence-electron chi connectivity index (χ0n) is 15.0. The maximum absolute atomic E-state index is 13.6. The van der Waals surface area contributed by atoms with Crippen molar-refractivity contribution >= 4 is 17.6 Å². The van der Waals surface area contributed by atoms with Crippen LogP contribution in [0, 0.1) is 12.7 Å². The minimum absolute atomic E-state index is 0.0130. The molecule has 0 radical (unpaired) electrons. The molecule has 0 aliphatic carbocycles. The van der Waals surface area contributed by atoms with Crippen molar-refractivity contribution < 1.29 is 28.2 Å². The van der Waals surface area contributed by atoms with Gasteiger partial charge in [-0.3, -0.25) is 4.79 Å². The Kier molecular flexibility index (Phi) is 6.16. The number of nitrogens with one attached hydrogen (secondary N) is 1. The summed E-state index contributed by atoms with van der Waals surface area (Å²) in [5, 5.41) is 2.38. The van der Waals surface area contributed by atoms with Gasteiger partial charge in [-0.15, -0.1) is 0 Å². The van der Waals surface area contributed by atoms with Crippen molar-refractivity contribution in [3.8, 4) is 11.5 Å². The van der Waals surface area contributed by atoms with Crippen molar-refractivity contribution in [2.24, 2.45) is 0 Å². The molecule has 26 heavy (non-hydrogen) atoms. The lowest BCUT2D eigenvalue weighted by Crippen LogP contribution is -2.30. The molecular weight excluding hydrogens is 341 g/mol. The zero-order valence-corrected chi connectivity index (χ0v) is 15.0.